The summed E-state index contributed by atoms with van der Waals surface area (Å²) in [6, 6.07) is 10.0. The number of benzene rings is 1. The van der Waals surface area contributed by atoms with Crippen LogP contribution in [0.25, 0.3) is 5.69 Å². The van der Waals surface area contributed by atoms with Gasteiger partial charge in [-0.2, -0.15) is 4.68 Å². The van der Waals surface area contributed by atoms with Gasteiger partial charge in [0.1, 0.15) is 0 Å². The molecule has 0 aliphatic carbocycles. The van der Waals surface area contributed by atoms with Gasteiger partial charge < -0.3 is 9.47 Å². The average molecular weight is 331 g/mol. The van der Waals surface area contributed by atoms with Crippen LogP contribution in [0, 0.1) is 0 Å². The summed E-state index contributed by atoms with van der Waals surface area (Å²) >= 11 is 0. The first-order chi connectivity index (χ1) is 11.5. The van der Waals surface area contributed by atoms with Crippen molar-refractivity contribution in [1.29, 1.82) is 0 Å². The zero-order valence-electron chi connectivity index (χ0n) is 14.7. The molecule has 7 nitrogen and oxygen atoms in total. The van der Waals surface area contributed by atoms with Crippen molar-refractivity contribution in [3.63, 3.8) is 0 Å². The van der Waals surface area contributed by atoms with E-state index in [4.69, 9.17) is 9.47 Å². The number of para-hydroxylation sites is 1. The molecule has 0 bridgehead atoms. The molecule has 1 aliphatic rings. The van der Waals surface area contributed by atoms with E-state index in [1.807, 2.05) is 30.3 Å². The summed E-state index contributed by atoms with van der Waals surface area (Å²) in [7, 11) is 1.70. The summed E-state index contributed by atoms with van der Waals surface area (Å²) in [6.07, 6.45) is 0.0438. The fourth-order valence-electron chi connectivity index (χ4n) is 3.28. The number of ether oxygens (including phenoxy) is 2. The van der Waals surface area contributed by atoms with E-state index in [0.717, 1.165) is 24.6 Å². The number of morpholine rings is 1. The molecule has 24 heavy (non-hydrogen) atoms. The van der Waals surface area contributed by atoms with Crippen LogP contribution in [0.2, 0.25) is 0 Å². The van der Waals surface area contributed by atoms with Crippen LogP contribution < -0.4 is 0 Å². The van der Waals surface area contributed by atoms with E-state index < -0.39 is 0 Å². The van der Waals surface area contributed by atoms with Crippen molar-refractivity contribution in [3.8, 4) is 5.69 Å². The van der Waals surface area contributed by atoms with Crippen LogP contribution in [-0.4, -0.2) is 63.6 Å². The summed E-state index contributed by atoms with van der Waals surface area (Å²) < 4.78 is 13.2. The maximum Gasteiger partial charge on any atom is 0.173 e. The van der Waals surface area contributed by atoms with Crippen LogP contribution in [0.3, 0.4) is 0 Å². The highest BCUT2D eigenvalue weighted by Crippen LogP contribution is 2.28. The van der Waals surface area contributed by atoms with Crippen molar-refractivity contribution in [2.24, 2.45) is 0 Å². The number of hydrogen-bond acceptors (Lipinski definition) is 6. The van der Waals surface area contributed by atoms with Crippen molar-refractivity contribution in [3.05, 3.63) is 36.2 Å². The second-order valence-corrected chi connectivity index (χ2v) is 6.84. The monoisotopic (exact) mass is 331 g/mol. The number of rotatable bonds is 5. The third kappa shape index (κ3) is 3.63. The molecule has 2 aromatic rings. The van der Waals surface area contributed by atoms with Gasteiger partial charge in [0.05, 0.1) is 30.0 Å². The van der Waals surface area contributed by atoms with Gasteiger partial charge in [-0.25, -0.2) is 0 Å². The van der Waals surface area contributed by atoms with Crippen LogP contribution in [0.15, 0.2) is 30.3 Å². The fourth-order valence-corrected chi connectivity index (χ4v) is 3.28. The molecule has 2 heterocycles. The summed E-state index contributed by atoms with van der Waals surface area (Å²) in [5.41, 5.74) is 0.728. The van der Waals surface area contributed by atoms with Gasteiger partial charge in [0.15, 0.2) is 5.82 Å². The lowest BCUT2D eigenvalue weighted by molar-refractivity contribution is -0.160. The summed E-state index contributed by atoms with van der Waals surface area (Å²) in [4.78, 5) is 2.36. The largest absolute Gasteiger partial charge is 0.382 e. The highest BCUT2D eigenvalue weighted by Gasteiger charge is 2.37. The first-order valence-corrected chi connectivity index (χ1v) is 8.24. The quantitative estimate of drug-likeness (QED) is 0.833. The van der Waals surface area contributed by atoms with E-state index in [-0.39, 0.29) is 17.7 Å². The van der Waals surface area contributed by atoms with E-state index in [0.29, 0.717) is 6.61 Å². The minimum absolute atomic E-state index is 0.0438. The van der Waals surface area contributed by atoms with Crippen LogP contribution in [0.5, 0.6) is 0 Å². The molecule has 2 unspecified atom stereocenters. The Labute approximate surface area is 142 Å². The van der Waals surface area contributed by atoms with Gasteiger partial charge in [-0.3, -0.25) is 4.90 Å². The van der Waals surface area contributed by atoms with Crippen molar-refractivity contribution in [2.45, 2.75) is 38.5 Å². The summed E-state index contributed by atoms with van der Waals surface area (Å²) in [6.45, 7) is 8.53. The zero-order valence-corrected chi connectivity index (χ0v) is 14.7. The molecule has 1 aromatic heterocycles. The Kier molecular flexibility index (Phi) is 4.93. The van der Waals surface area contributed by atoms with Gasteiger partial charge in [0.2, 0.25) is 0 Å². The lowest BCUT2D eigenvalue weighted by Gasteiger charge is -2.44. The molecule has 2 atom stereocenters. The van der Waals surface area contributed by atoms with Gasteiger partial charge in [-0.1, -0.05) is 18.2 Å². The number of aromatic nitrogens is 4. The number of tetrazole rings is 1. The number of methoxy groups -OCH3 is 1. The Morgan fingerprint density at radius 3 is 2.79 bits per heavy atom. The Morgan fingerprint density at radius 2 is 2.08 bits per heavy atom. The molecule has 0 amide bonds. The summed E-state index contributed by atoms with van der Waals surface area (Å²) in [5, 5.41) is 12.3. The number of hydrogen-bond donors (Lipinski definition) is 0. The predicted molar refractivity (Wildman–Crippen MR) is 90.0 cm³/mol. The standard InChI is InChI=1S/C17H25N5O2/c1-13(21-10-15(11-23-4)24-17(2,3)12-21)16-18-19-20-22(16)14-8-6-5-7-9-14/h5-9,13,15H,10-12H2,1-4H3. The molecule has 7 heteroatoms. The van der Waals surface area contributed by atoms with Gasteiger partial charge in [-0.05, 0) is 43.3 Å². The van der Waals surface area contributed by atoms with Gasteiger partial charge >= 0.3 is 0 Å². The Morgan fingerprint density at radius 1 is 1.33 bits per heavy atom. The first-order valence-electron chi connectivity index (χ1n) is 8.24. The first kappa shape index (κ1) is 17.0. The van der Waals surface area contributed by atoms with Crippen LogP contribution in [0.1, 0.15) is 32.6 Å². The topological polar surface area (TPSA) is 65.3 Å². The van der Waals surface area contributed by atoms with Crippen LogP contribution in [-0.2, 0) is 9.47 Å². The molecule has 1 fully saturated rings. The number of nitrogens with zero attached hydrogens (tertiary/aromatic N) is 5. The second-order valence-electron chi connectivity index (χ2n) is 6.84. The molecule has 0 saturated carbocycles. The van der Waals surface area contributed by atoms with E-state index in [2.05, 4.69) is 41.2 Å². The zero-order chi connectivity index (χ0) is 17.2. The SMILES string of the molecule is COCC1CN(C(C)c2nnnn2-c2ccccc2)CC(C)(C)O1. The normalized spacial score (nSPS) is 22.4. The lowest BCUT2D eigenvalue weighted by Crippen LogP contribution is -2.54. The smallest absolute Gasteiger partial charge is 0.173 e. The van der Waals surface area contributed by atoms with Gasteiger partial charge in [0.25, 0.3) is 0 Å². The van der Waals surface area contributed by atoms with E-state index in [1.54, 1.807) is 11.8 Å². The molecule has 1 aliphatic heterocycles. The fraction of sp³-hybridized carbons (Fsp3) is 0.588. The molecule has 0 radical (unpaired) electrons. The molecule has 3 rings (SSSR count). The van der Waals surface area contributed by atoms with E-state index in [1.165, 1.54) is 0 Å². The van der Waals surface area contributed by atoms with Gasteiger partial charge in [-0.15, -0.1) is 5.10 Å². The third-order valence-corrected chi connectivity index (χ3v) is 4.28. The second kappa shape index (κ2) is 6.96. The molecule has 0 spiro atoms. The minimum Gasteiger partial charge on any atom is -0.382 e. The maximum absolute atomic E-state index is 6.10. The molecule has 130 valence electrons. The van der Waals surface area contributed by atoms with Crippen LogP contribution >= 0.6 is 0 Å². The van der Waals surface area contributed by atoms with Crippen molar-refractivity contribution < 1.29 is 9.47 Å². The van der Waals surface area contributed by atoms with Crippen molar-refractivity contribution in [2.75, 3.05) is 26.8 Å². The van der Waals surface area contributed by atoms with E-state index >= 15 is 0 Å². The van der Waals surface area contributed by atoms with E-state index in [9.17, 15) is 0 Å². The highest BCUT2D eigenvalue weighted by molar-refractivity contribution is 5.30. The lowest BCUT2D eigenvalue weighted by atomic mass is 10.0. The predicted octanol–water partition coefficient (Wildman–Crippen LogP) is 1.85. The molecule has 1 aromatic carbocycles. The van der Waals surface area contributed by atoms with Crippen LogP contribution in [0.4, 0.5) is 0 Å². The Bertz CT molecular complexity index is 658. The molecule has 1 saturated heterocycles. The molecule has 0 N–H and O–H groups in total. The highest BCUT2D eigenvalue weighted by atomic mass is 16.5. The summed E-state index contributed by atoms with van der Waals surface area (Å²) in [5.74, 6) is 0.829. The Hall–Kier alpha value is -1.83. The van der Waals surface area contributed by atoms with Gasteiger partial charge in [0, 0.05) is 20.2 Å². The Balaban J connectivity index is 1.84. The third-order valence-electron chi connectivity index (χ3n) is 4.28. The maximum atomic E-state index is 6.10. The van der Waals surface area contributed by atoms with Crippen molar-refractivity contribution in [1.82, 2.24) is 25.1 Å². The minimum atomic E-state index is -0.235. The molecular formula is C17H25N5O2. The molecular weight excluding hydrogens is 306 g/mol. The van der Waals surface area contributed by atoms with Crippen molar-refractivity contribution >= 4 is 0 Å². The average Bonchev–Trinajstić information content (AvgIpc) is 3.03.